The van der Waals surface area contributed by atoms with Crippen molar-refractivity contribution in [2.24, 2.45) is 0 Å². The summed E-state index contributed by atoms with van der Waals surface area (Å²) in [5.74, 6) is 1.49. The summed E-state index contributed by atoms with van der Waals surface area (Å²) in [6, 6.07) is 17.6. The number of nitrogens with zero attached hydrogens (tertiary/aromatic N) is 2. The van der Waals surface area contributed by atoms with E-state index in [2.05, 4.69) is 73.6 Å². The zero-order valence-electron chi connectivity index (χ0n) is 19.7. The van der Waals surface area contributed by atoms with E-state index in [1.54, 1.807) is 14.2 Å². The number of anilines is 1. The molecule has 1 aliphatic rings. The number of halogens is 3. The molecule has 0 spiro atoms. The molecule has 1 N–H and O–H groups in total. The predicted molar refractivity (Wildman–Crippen MR) is 148 cm³/mol. The van der Waals surface area contributed by atoms with Gasteiger partial charge < -0.3 is 19.7 Å². The average molecular weight is 569 g/mol. The number of hydrogen-bond donors (Lipinski definition) is 1. The minimum atomic E-state index is 0. The zero-order valence-corrected chi connectivity index (χ0v) is 22.9. The molecule has 5 nitrogen and oxygen atoms in total. The number of rotatable bonds is 7. The van der Waals surface area contributed by atoms with Gasteiger partial charge in [-0.05, 0) is 92.5 Å². The third-order valence-corrected chi connectivity index (χ3v) is 6.57. The number of aromatic nitrogens is 1. The van der Waals surface area contributed by atoms with Crippen LogP contribution in [0.25, 0.3) is 11.3 Å². The van der Waals surface area contributed by atoms with Crippen molar-refractivity contribution in [2.45, 2.75) is 32.4 Å². The van der Waals surface area contributed by atoms with Gasteiger partial charge in [-0.2, -0.15) is 0 Å². The second-order valence-electron chi connectivity index (χ2n) is 8.16. The maximum Gasteiger partial charge on any atom is 0.163 e. The maximum absolute atomic E-state index is 5.55. The Balaban J connectivity index is 0.00000204. The molecule has 8 heteroatoms. The van der Waals surface area contributed by atoms with Crippen LogP contribution in [0.15, 0.2) is 59.2 Å². The third-order valence-electron chi connectivity index (χ3n) is 6.05. The van der Waals surface area contributed by atoms with E-state index in [1.165, 1.54) is 11.3 Å². The van der Waals surface area contributed by atoms with E-state index in [4.69, 9.17) is 9.47 Å². The standard InChI is InChI=1S/C26H30BrN3O2.2ClH/c1-18-14-20(16-25(31-2)26(18)32-3)24-15-19(8-13-29-24)17-30(23-9-11-28-12-10-23)22-6-4-21(27)5-7-22;;/h4-8,13-16,23,28H,9-12,17H2,1-3H3;2*1H. The summed E-state index contributed by atoms with van der Waals surface area (Å²) < 4.78 is 12.1. The van der Waals surface area contributed by atoms with Crippen LogP contribution >= 0.6 is 40.7 Å². The highest BCUT2D eigenvalue weighted by atomic mass is 79.9. The number of methoxy groups -OCH3 is 2. The molecule has 1 saturated heterocycles. The molecule has 1 aliphatic heterocycles. The first-order chi connectivity index (χ1) is 15.6. The van der Waals surface area contributed by atoms with E-state index in [9.17, 15) is 0 Å². The Morgan fingerprint density at radius 1 is 1.00 bits per heavy atom. The first kappa shape index (κ1) is 28.2. The summed E-state index contributed by atoms with van der Waals surface area (Å²) in [4.78, 5) is 7.19. The molecule has 0 aliphatic carbocycles. The minimum absolute atomic E-state index is 0. The van der Waals surface area contributed by atoms with Gasteiger partial charge in [0.2, 0.25) is 0 Å². The second-order valence-corrected chi connectivity index (χ2v) is 9.08. The topological polar surface area (TPSA) is 46.6 Å². The smallest absolute Gasteiger partial charge is 0.163 e. The fraction of sp³-hybridized carbons (Fsp3) is 0.346. The van der Waals surface area contributed by atoms with Crippen LogP contribution in [0.3, 0.4) is 0 Å². The van der Waals surface area contributed by atoms with Crippen LogP contribution in [0.2, 0.25) is 0 Å². The number of nitrogens with one attached hydrogen (secondary N) is 1. The second kappa shape index (κ2) is 13.2. The van der Waals surface area contributed by atoms with Gasteiger partial charge in [0.05, 0.1) is 19.9 Å². The molecule has 184 valence electrons. The number of aryl methyl sites for hydroxylation is 1. The molecule has 0 radical (unpaired) electrons. The largest absolute Gasteiger partial charge is 0.493 e. The van der Waals surface area contributed by atoms with Crippen LogP contribution in [0.5, 0.6) is 11.5 Å². The van der Waals surface area contributed by atoms with Gasteiger partial charge in [-0.25, -0.2) is 0 Å². The van der Waals surface area contributed by atoms with Crippen molar-refractivity contribution in [2.75, 3.05) is 32.2 Å². The molecule has 2 heterocycles. The van der Waals surface area contributed by atoms with Gasteiger partial charge in [0, 0.05) is 34.5 Å². The lowest BCUT2D eigenvalue weighted by Gasteiger charge is -2.36. The summed E-state index contributed by atoms with van der Waals surface area (Å²) in [6.07, 6.45) is 4.19. The van der Waals surface area contributed by atoms with Gasteiger partial charge in [-0.1, -0.05) is 15.9 Å². The molecule has 4 rings (SSSR count). The van der Waals surface area contributed by atoms with E-state index in [0.29, 0.717) is 6.04 Å². The van der Waals surface area contributed by atoms with Crippen molar-refractivity contribution in [1.29, 1.82) is 0 Å². The highest BCUT2D eigenvalue weighted by Gasteiger charge is 2.22. The number of benzene rings is 2. The van der Waals surface area contributed by atoms with Gasteiger partial charge in [-0.15, -0.1) is 24.8 Å². The lowest BCUT2D eigenvalue weighted by atomic mass is 10.0. The van der Waals surface area contributed by atoms with Crippen molar-refractivity contribution >= 4 is 46.4 Å². The van der Waals surface area contributed by atoms with Gasteiger partial charge in [0.15, 0.2) is 11.5 Å². The molecular formula is C26H32BrCl2N3O2. The van der Waals surface area contributed by atoms with Crippen molar-refractivity contribution in [3.8, 4) is 22.8 Å². The fourth-order valence-corrected chi connectivity index (χ4v) is 4.68. The van der Waals surface area contributed by atoms with Crippen LogP contribution in [-0.2, 0) is 6.54 Å². The number of piperidine rings is 1. The normalized spacial score (nSPS) is 13.4. The van der Waals surface area contributed by atoms with E-state index in [1.807, 2.05) is 19.2 Å². The molecular weight excluding hydrogens is 537 g/mol. The van der Waals surface area contributed by atoms with E-state index < -0.39 is 0 Å². The molecule has 34 heavy (non-hydrogen) atoms. The van der Waals surface area contributed by atoms with Crippen LogP contribution in [0.1, 0.15) is 24.0 Å². The summed E-state index contributed by atoms with van der Waals surface area (Å²) in [5, 5.41) is 3.48. The van der Waals surface area contributed by atoms with E-state index in [-0.39, 0.29) is 24.8 Å². The average Bonchev–Trinajstić information content (AvgIpc) is 2.83. The number of ether oxygens (including phenoxy) is 2. The first-order valence-corrected chi connectivity index (χ1v) is 11.8. The SMILES string of the molecule is COc1cc(-c2cc(CN(c3ccc(Br)cc3)C3CCNCC3)ccn2)cc(C)c1OC.Cl.Cl. The Hall–Kier alpha value is -1.99. The highest BCUT2D eigenvalue weighted by Crippen LogP contribution is 2.35. The van der Waals surface area contributed by atoms with Gasteiger partial charge in [-0.3, -0.25) is 4.98 Å². The lowest BCUT2D eigenvalue weighted by Crippen LogP contribution is -2.43. The molecule has 0 bridgehead atoms. The molecule has 0 atom stereocenters. The predicted octanol–water partition coefficient (Wildman–Crippen LogP) is 6.44. The van der Waals surface area contributed by atoms with Crippen molar-refractivity contribution in [1.82, 2.24) is 10.3 Å². The highest BCUT2D eigenvalue weighted by molar-refractivity contribution is 9.10. The van der Waals surface area contributed by atoms with Crippen LogP contribution in [0, 0.1) is 6.92 Å². The summed E-state index contributed by atoms with van der Waals surface area (Å²) in [6.45, 7) is 4.99. The van der Waals surface area contributed by atoms with Crippen LogP contribution in [-0.4, -0.2) is 38.3 Å². The molecule has 1 aromatic heterocycles. The Kier molecular flexibility index (Phi) is 11.0. The molecule has 0 unspecified atom stereocenters. The van der Waals surface area contributed by atoms with Crippen molar-refractivity contribution < 1.29 is 9.47 Å². The van der Waals surface area contributed by atoms with E-state index in [0.717, 1.165) is 65.3 Å². The third kappa shape index (κ3) is 6.57. The zero-order chi connectivity index (χ0) is 22.5. The molecule has 3 aromatic rings. The Labute approximate surface area is 223 Å². The molecule has 0 amide bonds. The molecule has 2 aromatic carbocycles. The van der Waals surface area contributed by atoms with E-state index >= 15 is 0 Å². The fourth-order valence-electron chi connectivity index (χ4n) is 4.41. The summed E-state index contributed by atoms with van der Waals surface area (Å²) in [5.41, 5.74) is 5.48. The van der Waals surface area contributed by atoms with Gasteiger partial charge >= 0.3 is 0 Å². The van der Waals surface area contributed by atoms with Gasteiger partial charge in [0.1, 0.15) is 0 Å². The number of hydrogen-bond acceptors (Lipinski definition) is 5. The first-order valence-electron chi connectivity index (χ1n) is 11.0. The summed E-state index contributed by atoms with van der Waals surface area (Å²) in [7, 11) is 3.33. The molecule has 1 fully saturated rings. The van der Waals surface area contributed by atoms with Crippen molar-refractivity contribution in [3.63, 3.8) is 0 Å². The Morgan fingerprint density at radius 2 is 1.71 bits per heavy atom. The quantitative estimate of drug-likeness (QED) is 0.355. The molecule has 0 saturated carbocycles. The number of pyridine rings is 1. The minimum Gasteiger partial charge on any atom is -0.493 e. The Bertz CT molecular complexity index is 1060. The monoisotopic (exact) mass is 567 g/mol. The maximum atomic E-state index is 5.55. The lowest BCUT2D eigenvalue weighted by molar-refractivity contribution is 0.353. The van der Waals surface area contributed by atoms with Gasteiger partial charge in [0.25, 0.3) is 0 Å². The summed E-state index contributed by atoms with van der Waals surface area (Å²) >= 11 is 3.56. The van der Waals surface area contributed by atoms with Crippen molar-refractivity contribution in [3.05, 3.63) is 70.3 Å². The van der Waals surface area contributed by atoms with Crippen LogP contribution in [0.4, 0.5) is 5.69 Å². The Morgan fingerprint density at radius 3 is 2.35 bits per heavy atom. The van der Waals surface area contributed by atoms with Crippen LogP contribution < -0.4 is 19.7 Å².